The molecular formula is C20H22F3N3O2. The topological polar surface area (TPSA) is 44.8 Å². The number of nitrogens with one attached hydrogen (secondary N) is 1. The van der Waals surface area contributed by atoms with Gasteiger partial charge in [0.15, 0.2) is 0 Å². The van der Waals surface area contributed by atoms with E-state index < -0.39 is 11.7 Å². The normalized spacial score (nSPS) is 14.7. The van der Waals surface area contributed by atoms with Crippen LogP contribution in [0.1, 0.15) is 12.5 Å². The molecule has 28 heavy (non-hydrogen) atoms. The smallest absolute Gasteiger partial charge is 0.416 e. The summed E-state index contributed by atoms with van der Waals surface area (Å²) in [5, 5.41) is 2.83. The van der Waals surface area contributed by atoms with E-state index in [1.165, 1.54) is 6.07 Å². The van der Waals surface area contributed by atoms with Gasteiger partial charge in [-0.3, -0.25) is 0 Å². The minimum absolute atomic E-state index is 0.229. The Morgan fingerprint density at radius 3 is 2.36 bits per heavy atom. The summed E-state index contributed by atoms with van der Waals surface area (Å²) in [5.74, 6) is 0.732. The second kappa shape index (κ2) is 8.41. The van der Waals surface area contributed by atoms with E-state index in [2.05, 4.69) is 5.32 Å². The Kier molecular flexibility index (Phi) is 5.96. The van der Waals surface area contributed by atoms with Crippen molar-refractivity contribution in [3.63, 3.8) is 0 Å². The number of carbonyl (C=O) groups excluding carboxylic acids is 1. The zero-order chi connectivity index (χ0) is 20.1. The van der Waals surface area contributed by atoms with Crippen LogP contribution in [-0.4, -0.2) is 43.7 Å². The number of alkyl halides is 3. The number of benzene rings is 2. The molecule has 1 aliphatic rings. The van der Waals surface area contributed by atoms with E-state index in [9.17, 15) is 18.0 Å². The van der Waals surface area contributed by atoms with Crippen molar-refractivity contribution in [1.82, 2.24) is 4.90 Å². The molecule has 8 heteroatoms. The van der Waals surface area contributed by atoms with E-state index in [-0.39, 0.29) is 6.03 Å². The minimum Gasteiger partial charge on any atom is -0.494 e. The van der Waals surface area contributed by atoms with Crippen molar-refractivity contribution in [1.29, 1.82) is 0 Å². The first kappa shape index (κ1) is 19.9. The minimum atomic E-state index is -4.37. The Bertz CT molecular complexity index is 801. The lowest BCUT2D eigenvalue weighted by Crippen LogP contribution is -2.50. The molecule has 0 bridgehead atoms. The Morgan fingerprint density at radius 2 is 1.75 bits per heavy atom. The third-order valence-corrected chi connectivity index (χ3v) is 4.52. The molecule has 0 aliphatic carbocycles. The van der Waals surface area contributed by atoms with Crippen molar-refractivity contribution in [3.8, 4) is 5.75 Å². The summed E-state index contributed by atoms with van der Waals surface area (Å²) in [6, 6.07) is 12.1. The fourth-order valence-electron chi connectivity index (χ4n) is 3.05. The SMILES string of the molecule is CCOc1ccc(NC(=O)N2CCN(c3cccc(C(F)(F)F)c3)CC2)cc1. The van der Waals surface area contributed by atoms with Crippen molar-refractivity contribution in [2.24, 2.45) is 0 Å². The number of hydrogen-bond acceptors (Lipinski definition) is 3. The van der Waals surface area contributed by atoms with Crippen molar-refractivity contribution < 1.29 is 22.7 Å². The lowest BCUT2D eigenvalue weighted by molar-refractivity contribution is -0.137. The number of ether oxygens (including phenoxy) is 1. The first-order valence-electron chi connectivity index (χ1n) is 9.08. The number of nitrogens with zero attached hydrogens (tertiary/aromatic N) is 2. The van der Waals surface area contributed by atoms with Crippen LogP contribution in [0.4, 0.5) is 29.3 Å². The van der Waals surface area contributed by atoms with Gasteiger partial charge < -0.3 is 19.9 Å². The monoisotopic (exact) mass is 393 g/mol. The van der Waals surface area contributed by atoms with Crippen LogP contribution in [-0.2, 0) is 6.18 Å². The van der Waals surface area contributed by atoms with Gasteiger partial charge in [0.1, 0.15) is 5.75 Å². The van der Waals surface area contributed by atoms with E-state index in [1.54, 1.807) is 35.2 Å². The van der Waals surface area contributed by atoms with Crippen molar-refractivity contribution in [2.45, 2.75) is 13.1 Å². The highest BCUT2D eigenvalue weighted by atomic mass is 19.4. The maximum Gasteiger partial charge on any atom is 0.416 e. The molecule has 0 spiro atoms. The molecule has 2 aromatic rings. The molecule has 5 nitrogen and oxygen atoms in total. The third-order valence-electron chi connectivity index (χ3n) is 4.52. The van der Waals surface area contributed by atoms with Crippen LogP contribution in [0.2, 0.25) is 0 Å². The van der Waals surface area contributed by atoms with E-state index in [1.807, 2.05) is 11.8 Å². The van der Waals surface area contributed by atoms with Gasteiger partial charge in [-0.05, 0) is 49.4 Å². The van der Waals surface area contributed by atoms with Gasteiger partial charge in [0.05, 0.1) is 12.2 Å². The fraction of sp³-hybridized carbons (Fsp3) is 0.350. The van der Waals surface area contributed by atoms with Gasteiger partial charge in [0.25, 0.3) is 0 Å². The molecule has 0 aromatic heterocycles. The number of rotatable bonds is 4. The molecule has 0 atom stereocenters. The van der Waals surface area contributed by atoms with Gasteiger partial charge in [-0.2, -0.15) is 13.2 Å². The molecule has 0 radical (unpaired) electrons. The van der Waals surface area contributed by atoms with Gasteiger partial charge in [0.2, 0.25) is 0 Å². The number of piperazine rings is 1. The maximum absolute atomic E-state index is 12.9. The van der Waals surface area contributed by atoms with Gasteiger partial charge in [-0.15, -0.1) is 0 Å². The van der Waals surface area contributed by atoms with Crippen molar-refractivity contribution in [2.75, 3.05) is 43.0 Å². The number of amides is 2. The van der Waals surface area contributed by atoms with E-state index in [4.69, 9.17) is 4.74 Å². The molecular weight excluding hydrogens is 371 g/mol. The number of halogens is 3. The lowest BCUT2D eigenvalue weighted by atomic mass is 10.1. The van der Waals surface area contributed by atoms with E-state index in [0.29, 0.717) is 44.2 Å². The Labute approximate surface area is 161 Å². The summed E-state index contributed by atoms with van der Waals surface area (Å²) in [5.41, 5.74) is 0.510. The van der Waals surface area contributed by atoms with Crippen LogP contribution in [0.25, 0.3) is 0 Å². The highest BCUT2D eigenvalue weighted by molar-refractivity contribution is 5.89. The molecule has 150 valence electrons. The Morgan fingerprint density at radius 1 is 1.07 bits per heavy atom. The molecule has 1 aliphatic heterocycles. The average molecular weight is 393 g/mol. The molecule has 0 unspecified atom stereocenters. The first-order valence-corrected chi connectivity index (χ1v) is 9.08. The van der Waals surface area contributed by atoms with Crippen LogP contribution >= 0.6 is 0 Å². The predicted octanol–water partition coefficient (Wildman–Crippen LogP) is 4.46. The molecule has 1 N–H and O–H groups in total. The number of anilines is 2. The molecule has 2 amide bonds. The third kappa shape index (κ3) is 4.88. The van der Waals surface area contributed by atoms with Crippen LogP contribution in [0.15, 0.2) is 48.5 Å². The summed E-state index contributed by atoms with van der Waals surface area (Å²) < 4.78 is 44.0. The zero-order valence-corrected chi connectivity index (χ0v) is 15.5. The average Bonchev–Trinajstić information content (AvgIpc) is 2.69. The van der Waals surface area contributed by atoms with Gasteiger partial charge in [-0.1, -0.05) is 6.07 Å². The number of hydrogen-bond donors (Lipinski definition) is 1. The van der Waals surface area contributed by atoms with Crippen molar-refractivity contribution in [3.05, 3.63) is 54.1 Å². The second-order valence-corrected chi connectivity index (χ2v) is 6.41. The predicted molar refractivity (Wildman–Crippen MR) is 102 cm³/mol. The van der Waals surface area contributed by atoms with E-state index >= 15 is 0 Å². The fourth-order valence-corrected chi connectivity index (χ4v) is 3.05. The van der Waals surface area contributed by atoms with Crippen LogP contribution < -0.4 is 15.0 Å². The molecule has 3 rings (SSSR count). The molecule has 1 fully saturated rings. The highest BCUT2D eigenvalue weighted by Crippen LogP contribution is 2.31. The standard InChI is InChI=1S/C20H22F3N3O2/c1-2-28-18-8-6-16(7-9-18)24-19(27)26-12-10-25(11-13-26)17-5-3-4-15(14-17)20(21,22)23/h3-9,14H,2,10-13H2,1H3,(H,24,27). The van der Waals surface area contributed by atoms with Gasteiger partial charge in [0, 0.05) is 37.6 Å². The maximum atomic E-state index is 12.9. The number of urea groups is 1. The first-order chi connectivity index (χ1) is 13.4. The summed E-state index contributed by atoms with van der Waals surface area (Å²) in [6.45, 7) is 4.27. The van der Waals surface area contributed by atoms with Crippen molar-refractivity contribution >= 4 is 17.4 Å². The Hall–Kier alpha value is -2.90. The van der Waals surface area contributed by atoms with Gasteiger partial charge >= 0.3 is 12.2 Å². The quantitative estimate of drug-likeness (QED) is 0.834. The highest BCUT2D eigenvalue weighted by Gasteiger charge is 2.31. The summed E-state index contributed by atoms with van der Waals surface area (Å²) in [6.07, 6.45) is -4.37. The second-order valence-electron chi connectivity index (χ2n) is 6.41. The summed E-state index contributed by atoms with van der Waals surface area (Å²) >= 11 is 0. The molecule has 1 saturated heterocycles. The largest absolute Gasteiger partial charge is 0.494 e. The molecule has 0 saturated carbocycles. The molecule has 2 aromatic carbocycles. The van der Waals surface area contributed by atoms with E-state index in [0.717, 1.165) is 17.9 Å². The summed E-state index contributed by atoms with van der Waals surface area (Å²) in [7, 11) is 0. The lowest BCUT2D eigenvalue weighted by Gasteiger charge is -2.36. The van der Waals surface area contributed by atoms with Crippen LogP contribution in [0.3, 0.4) is 0 Å². The van der Waals surface area contributed by atoms with Gasteiger partial charge in [-0.25, -0.2) is 4.79 Å². The van der Waals surface area contributed by atoms with Crippen LogP contribution in [0, 0.1) is 0 Å². The Balaban J connectivity index is 1.55. The number of carbonyl (C=O) groups is 1. The van der Waals surface area contributed by atoms with Crippen LogP contribution in [0.5, 0.6) is 5.75 Å². The molecule has 1 heterocycles. The zero-order valence-electron chi connectivity index (χ0n) is 15.5. The summed E-state index contributed by atoms with van der Waals surface area (Å²) in [4.78, 5) is 15.9.